The molecule has 6 heteroatoms. The largest absolute Gasteiger partial charge is 0.337 e. The smallest absolute Gasteiger partial charge is 0.177 e. The quantitative estimate of drug-likeness (QED) is 0.804. The van der Waals surface area contributed by atoms with E-state index >= 15 is 0 Å². The average Bonchev–Trinajstić information content (AvgIpc) is 2.33. The predicted octanol–water partition coefficient (Wildman–Crippen LogP) is 1.37. The summed E-state index contributed by atoms with van der Waals surface area (Å²) in [6.07, 6.45) is 4.68. The van der Waals surface area contributed by atoms with Gasteiger partial charge in [-0.15, -0.1) is 0 Å². The van der Waals surface area contributed by atoms with E-state index < -0.39 is 14.6 Å². The van der Waals surface area contributed by atoms with Crippen molar-refractivity contribution in [2.45, 2.75) is 25.1 Å². The Hall–Kier alpha value is -0.620. The SMILES string of the molecule is CC(C)(Cn1cc[nH]c1=S)S(C)(=O)=O. The molecule has 0 atom stereocenters. The molecule has 1 rings (SSSR count). The Morgan fingerprint density at radius 1 is 1.57 bits per heavy atom. The molecule has 1 aromatic heterocycles. The Bertz CT molecular complexity index is 468. The van der Waals surface area contributed by atoms with E-state index in [2.05, 4.69) is 4.98 Å². The molecule has 0 saturated carbocycles. The van der Waals surface area contributed by atoms with Crippen LogP contribution in [0.4, 0.5) is 0 Å². The van der Waals surface area contributed by atoms with Crippen LogP contribution in [-0.4, -0.2) is 29.0 Å². The molecule has 0 aromatic carbocycles. The summed E-state index contributed by atoms with van der Waals surface area (Å²) in [4.78, 5) is 2.83. The molecule has 0 spiro atoms. The first kappa shape index (κ1) is 11.5. The lowest BCUT2D eigenvalue weighted by Crippen LogP contribution is -2.35. The van der Waals surface area contributed by atoms with Gasteiger partial charge < -0.3 is 9.55 Å². The molecule has 0 aliphatic carbocycles. The van der Waals surface area contributed by atoms with Crippen LogP contribution in [0.25, 0.3) is 0 Å². The molecule has 4 nitrogen and oxygen atoms in total. The van der Waals surface area contributed by atoms with Gasteiger partial charge in [-0.2, -0.15) is 0 Å². The lowest BCUT2D eigenvalue weighted by Gasteiger charge is -2.22. The van der Waals surface area contributed by atoms with Crippen LogP contribution in [0.3, 0.4) is 0 Å². The summed E-state index contributed by atoms with van der Waals surface area (Å²) in [6.45, 7) is 3.75. The Labute approximate surface area is 88.9 Å². The van der Waals surface area contributed by atoms with Gasteiger partial charge in [0.25, 0.3) is 0 Å². The fourth-order valence-electron chi connectivity index (χ4n) is 1.00. The van der Waals surface area contributed by atoms with Gasteiger partial charge in [0.2, 0.25) is 0 Å². The first-order chi connectivity index (χ1) is 6.24. The zero-order chi connectivity index (χ0) is 11.0. The first-order valence-corrected chi connectivity index (χ1v) is 6.47. The monoisotopic (exact) mass is 234 g/mol. The lowest BCUT2D eigenvalue weighted by atomic mass is 10.2. The summed E-state index contributed by atoms with van der Waals surface area (Å²) in [5.41, 5.74) is 0. The van der Waals surface area contributed by atoms with E-state index in [-0.39, 0.29) is 0 Å². The van der Waals surface area contributed by atoms with E-state index in [9.17, 15) is 8.42 Å². The molecule has 1 aromatic rings. The molecule has 0 radical (unpaired) electrons. The molecule has 0 saturated heterocycles. The van der Waals surface area contributed by atoms with Gasteiger partial charge in [-0.05, 0) is 26.1 Å². The third kappa shape index (κ3) is 2.24. The van der Waals surface area contributed by atoms with Crippen molar-refractivity contribution in [2.24, 2.45) is 0 Å². The van der Waals surface area contributed by atoms with Gasteiger partial charge >= 0.3 is 0 Å². The number of nitrogens with one attached hydrogen (secondary N) is 1. The minimum Gasteiger partial charge on any atom is -0.337 e. The zero-order valence-corrected chi connectivity index (χ0v) is 10.1. The molecule has 1 N–H and O–H groups in total. The number of sulfone groups is 1. The standard InChI is InChI=1S/C8H14N2O2S2/c1-8(2,14(3,11)12)6-10-5-4-9-7(10)13/h4-5H,6H2,1-3H3,(H,9,13). The molecule has 0 aliphatic rings. The van der Waals surface area contributed by atoms with Crippen molar-refractivity contribution in [1.82, 2.24) is 9.55 Å². The number of nitrogens with zero attached hydrogens (tertiary/aromatic N) is 1. The number of H-pyrrole nitrogens is 1. The lowest BCUT2D eigenvalue weighted by molar-refractivity contribution is 0.500. The van der Waals surface area contributed by atoms with E-state index in [0.717, 1.165) is 0 Å². The Morgan fingerprint density at radius 2 is 2.14 bits per heavy atom. The van der Waals surface area contributed by atoms with E-state index in [0.29, 0.717) is 11.3 Å². The molecule has 0 amide bonds. The summed E-state index contributed by atoms with van der Waals surface area (Å²) >= 11 is 4.99. The highest BCUT2D eigenvalue weighted by atomic mass is 32.2. The van der Waals surface area contributed by atoms with Crippen molar-refractivity contribution < 1.29 is 8.42 Å². The van der Waals surface area contributed by atoms with Crippen LogP contribution in [0.5, 0.6) is 0 Å². The van der Waals surface area contributed by atoms with E-state index in [1.54, 1.807) is 30.8 Å². The fraction of sp³-hybridized carbons (Fsp3) is 0.625. The molecule has 0 aliphatic heterocycles. The number of hydrogen-bond acceptors (Lipinski definition) is 3. The molecule has 0 unspecified atom stereocenters. The van der Waals surface area contributed by atoms with Crippen LogP contribution in [0.15, 0.2) is 12.4 Å². The molecular formula is C8H14N2O2S2. The summed E-state index contributed by atoms with van der Waals surface area (Å²) in [5, 5.41) is 0. The van der Waals surface area contributed by atoms with Gasteiger partial charge in [0.15, 0.2) is 14.6 Å². The normalized spacial score (nSPS) is 13.1. The van der Waals surface area contributed by atoms with Crippen LogP contribution in [0.2, 0.25) is 0 Å². The summed E-state index contributed by atoms with van der Waals surface area (Å²) in [7, 11) is -3.08. The van der Waals surface area contributed by atoms with Crippen molar-refractivity contribution in [3.63, 3.8) is 0 Å². The highest BCUT2D eigenvalue weighted by Gasteiger charge is 2.30. The third-order valence-electron chi connectivity index (χ3n) is 2.28. The number of aromatic amines is 1. The molecule has 80 valence electrons. The maximum atomic E-state index is 11.4. The topological polar surface area (TPSA) is 54.9 Å². The molecule has 0 bridgehead atoms. The van der Waals surface area contributed by atoms with E-state index in [1.807, 2.05) is 0 Å². The number of rotatable bonds is 3. The number of hydrogen-bond donors (Lipinski definition) is 1. The van der Waals surface area contributed by atoms with Crippen LogP contribution in [0.1, 0.15) is 13.8 Å². The van der Waals surface area contributed by atoms with Gasteiger partial charge in [0.1, 0.15) is 0 Å². The second-order valence-electron chi connectivity index (χ2n) is 3.92. The van der Waals surface area contributed by atoms with Crippen molar-refractivity contribution >= 4 is 22.1 Å². The first-order valence-electron chi connectivity index (χ1n) is 4.17. The van der Waals surface area contributed by atoms with Crippen molar-refractivity contribution in [2.75, 3.05) is 6.26 Å². The maximum absolute atomic E-state index is 11.4. The Kier molecular flexibility index (Phi) is 2.87. The van der Waals surface area contributed by atoms with Gasteiger partial charge in [-0.1, -0.05) is 0 Å². The van der Waals surface area contributed by atoms with Crippen LogP contribution in [-0.2, 0) is 16.4 Å². The predicted molar refractivity (Wildman–Crippen MR) is 58.5 cm³/mol. The van der Waals surface area contributed by atoms with Crippen LogP contribution >= 0.6 is 12.2 Å². The van der Waals surface area contributed by atoms with Crippen LogP contribution in [0, 0.1) is 4.77 Å². The Balaban J connectivity index is 3.01. The zero-order valence-electron chi connectivity index (χ0n) is 8.44. The fourth-order valence-corrected chi connectivity index (χ4v) is 1.57. The summed E-state index contributed by atoms with van der Waals surface area (Å²) in [5.74, 6) is 0. The van der Waals surface area contributed by atoms with Gasteiger partial charge in [0.05, 0.1) is 4.75 Å². The van der Waals surface area contributed by atoms with Gasteiger partial charge in [0, 0.05) is 25.2 Å². The summed E-state index contributed by atoms with van der Waals surface area (Å²) < 4.78 is 24.3. The van der Waals surface area contributed by atoms with Crippen molar-refractivity contribution in [3.05, 3.63) is 17.2 Å². The molecule has 1 heterocycles. The Morgan fingerprint density at radius 3 is 2.50 bits per heavy atom. The van der Waals surface area contributed by atoms with Crippen LogP contribution < -0.4 is 0 Å². The molecule has 0 fully saturated rings. The molecular weight excluding hydrogens is 220 g/mol. The van der Waals surface area contributed by atoms with Gasteiger partial charge in [-0.3, -0.25) is 0 Å². The number of imidazole rings is 1. The highest BCUT2D eigenvalue weighted by Crippen LogP contribution is 2.17. The minimum atomic E-state index is -3.08. The molecule has 14 heavy (non-hydrogen) atoms. The second-order valence-corrected chi connectivity index (χ2v) is 6.96. The van der Waals surface area contributed by atoms with E-state index in [1.165, 1.54) is 6.26 Å². The second kappa shape index (κ2) is 3.51. The summed E-state index contributed by atoms with van der Waals surface area (Å²) in [6, 6.07) is 0. The minimum absolute atomic E-state index is 0.369. The average molecular weight is 234 g/mol. The van der Waals surface area contributed by atoms with Crippen molar-refractivity contribution in [3.8, 4) is 0 Å². The van der Waals surface area contributed by atoms with E-state index in [4.69, 9.17) is 12.2 Å². The van der Waals surface area contributed by atoms with Crippen molar-refractivity contribution in [1.29, 1.82) is 0 Å². The third-order valence-corrected chi connectivity index (χ3v) is 4.77. The van der Waals surface area contributed by atoms with Gasteiger partial charge in [-0.25, -0.2) is 8.42 Å². The highest BCUT2D eigenvalue weighted by molar-refractivity contribution is 7.92. The number of aromatic nitrogens is 2. The maximum Gasteiger partial charge on any atom is 0.177 e.